The molecule has 0 radical (unpaired) electrons. The third-order valence-electron chi connectivity index (χ3n) is 4.37. The zero-order valence-corrected chi connectivity index (χ0v) is 16.1. The molecule has 26 heavy (non-hydrogen) atoms. The molecule has 136 valence electrons. The molecule has 1 atom stereocenters. The molecule has 0 saturated carbocycles. The largest absolute Gasteiger partial charge is 0.350 e. The number of hydrogen-bond donors (Lipinski definition) is 1. The van der Waals surface area contributed by atoms with Crippen molar-refractivity contribution >= 4 is 46.6 Å². The number of nitrogens with zero attached hydrogens (tertiary/aromatic N) is 1. The van der Waals surface area contributed by atoms with Crippen LogP contribution in [0.25, 0.3) is 0 Å². The van der Waals surface area contributed by atoms with E-state index >= 15 is 0 Å². The molecule has 0 spiro atoms. The molecule has 1 heterocycles. The van der Waals surface area contributed by atoms with Crippen molar-refractivity contribution in [3.8, 4) is 0 Å². The number of amides is 2. The smallest absolute Gasteiger partial charge is 0.243 e. The van der Waals surface area contributed by atoms with Crippen molar-refractivity contribution in [2.45, 2.75) is 32.0 Å². The first-order chi connectivity index (χ1) is 12.4. The molecule has 0 bridgehead atoms. The van der Waals surface area contributed by atoms with Gasteiger partial charge in [-0.15, -0.1) is 0 Å². The Balaban J connectivity index is 1.65. The first-order valence-corrected chi connectivity index (χ1v) is 9.33. The molecule has 0 unspecified atom stereocenters. The zero-order valence-electron chi connectivity index (χ0n) is 13.8. The van der Waals surface area contributed by atoms with Crippen molar-refractivity contribution in [2.75, 3.05) is 0 Å². The van der Waals surface area contributed by atoms with Crippen molar-refractivity contribution in [2.24, 2.45) is 0 Å². The number of nitrogens with one attached hydrogen (secondary N) is 1. The number of carbonyl (C=O) groups excluding carboxylic acids is 2. The minimum absolute atomic E-state index is 0.0235. The van der Waals surface area contributed by atoms with Gasteiger partial charge >= 0.3 is 0 Å². The SMILES string of the molecule is O=C(NCc1ccc(Cl)cc1Cl)[C@@H]1CCC(=O)N1Cc1ccc(Cl)cc1. The summed E-state index contributed by atoms with van der Waals surface area (Å²) in [6, 6.07) is 11.9. The molecule has 1 N–H and O–H groups in total. The topological polar surface area (TPSA) is 49.4 Å². The fourth-order valence-electron chi connectivity index (χ4n) is 2.96. The molecule has 2 aromatic carbocycles. The van der Waals surface area contributed by atoms with Gasteiger partial charge in [0.05, 0.1) is 0 Å². The summed E-state index contributed by atoms with van der Waals surface area (Å²) in [7, 11) is 0. The van der Waals surface area contributed by atoms with E-state index in [1.165, 1.54) is 0 Å². The molecular weight excluding hydrogens is 395 g/mol. The van der Waals surface area contributed by atoms with Crippen LogP contribution in [0.4, 0.5) is 0 Å². The van der Waals surface area contributed by atoms with Crippen molar-refractivity contribution in [3.63, 3.8) is 0 Å². The molecular formula is C19H17Cl3N2O2. The Morgan fingerprint density at radius 2 is 1.77 bits per heavy atom. The summed E-state index contributed by atoms with van der Waals surface area (Å²) < 4.78 is 0. The Morgan fingerprint density at radius 3 is 2.46 bits per heavy atom. The highest BCUT2D eigenvalue weighted by molar-refractivity contribution is 6.35. The number of halogens is 3. The summed E-state index contributed by atoms with van der Waals surface area (Å²) >= 11 is 17.9. The summed E-state index contributed by atoms with van der Waals surface area (Å²) in [5.41, 5.74) is 1.71. The van der Waals surface area contributed by atoms with Gasteiger partial charge in [-0.2, -0.15) is 0 Å². The van der Waals surface area contributed by atoms with Gasteiger partial charge in [0.2, 0.25) is 11.8 Å². The molecule has 2 amide bonds. The van der Waals surface area contributed by atoms with Crippen molar-refractivity contribution in [3.05, 3.63) is 68.7 Å². The van der Waals surface area contributed by atoms with Crippen LogP contribution in [0.15, 0.2) is 42.5 Å². The molecule has 1 aliphatic rings. The Kier molecular flexibility index (Phi) is 6.07. The van der Waals surface area contributed by atoms with Crippen LogP contribution in [-0.2, 0) is 22.7 Å². The molecule has 2 aromatic rings. The maximum atomic E-state index is 12.6. The summed E-state index contributed by atoms with van der Waals surface area (Å²) in [6.07, 6.45) is 0.875. The van der Waals surface area contributed by atoms with E-state index in [0.717, 1.165) is 11.1 Å². The molecule has 4 nitrogen and oxygen atoms in total. The summed E-state index contributed by atoms with van der Waals surface area (Å²) in [5.74, 6) is -0.208. The standard InChI is InChI=1S/C19H17Cl3N2O2/c20-14-4-1-12(2-5-14)11-24-17(7-8-18(24)25)19(26)23-10-13-3-6-15(21)9-16(13)22/h1-6,9,17H,7-8,10-11H2,(H,23,26)/t17-/m0/s1. The number of rotatable bonds is 5. The van der Waals surface area contributed by atoms with Crippen LogP contribution in [0.2, 0.25) is 15.1 Å². The highest BCUT2D eigenvalue weighted by Crippen LogP contribution is 2.24. The predicted octanol–water partition coefficient (Wildman–Crippen LogP) is 4.45. The fourth-order valence-corrected chi connectivity index (χ4v) is 3.56. The summed E-state index contributed by atoms with van der Waals surface area (Å²) in [4.78, 5) is 26.4. The molecule has 1 aliphatic heterocycles. The molecule has 7 heteroatoms. The second kappa shape index (κ2) is 8.30. The Morgan fingerprint density at radius 1 is 1.08 bits per heavy atom. The summed E-state index contributed by atoms with van der Waals surface area (Å²) in [6.45, 7) is 0.671. The molecule has 3 rings (SSSR count). The van der Waals surface area contributed by atoms with E-state index in [9.17, 15) is 9.59 Å². The lowest BCUT2D eigenvalue weighted by Crippen LogP contribution is -2.44. The van der Waals surface area contributed by atoms with Gasteiger partial charge in [-0.3, -0.25) is 9.59 Å². The normalized spacial score (nSPS) is 16.8. The Bertz CT molecular complexity index is 824. The van der Waals surface area contributed by atoms with Crippen LogP contribution in [-0.4, -0.2) is 22.8 Å². The van der Waals surface area contributed by atoms with Crippen molar-refractivity contribution in [1.29, 1.82) is 0 Å². The van der Waals surface area contributed by atoms with Crippen LogP contribution in [0.3, 0.4) is 0 Å². The van der Waals surface area contributed by atoms with Crippen molar-refractivity contribution < 1.29 is 9.59 Å². The van der Waals surface area contributed by atoms with E-state index in [-0.39, 0.29) is 18.4 Å². The first-order valence-electron chi connectivity index (χ1n) is 8.19. The number of benzene rings is 2. The zero-order chi connectivity index (χ0) is 18.7. The van der Waals surface area contributed by atoms with E-state index in [4.69, 9.17) is 34.8 Å². The highest BCUT2D eigenvalue weighted by Gasteiger charge is 2.35. The van der Waals surface area contributed by atoms with Gasteiger partial charge in [-0.25, -0.2) is 0 Å². The van der Waals surface area contributed by atoms with Gasteiger partial charge in [0, 0.05) is 34.6 Å². The second-order valence-corrected chi connectivity index (χ2v) is 7.44. The minimum atomic E-state index is -0.482. The van der Waals surface area contributed by atoms with Crippen LogP contribution >= 0.6 is 34.8 Å². The lowest BCUT2D eigenvalue weighted by molar-refractivity contribution is -0.135. The van der Waals surface area contributed by atoms with Gasteiger partial charge < -0.3 is 10.2 Å². The van der Waals surface area contributed by atoms with Gasteiger partial charge in [0.25, 0.3) is 0 Å². The number of carbonyl (C=O) groups is 2. The highest BCUT2D eigenvalue weighted by atomic mass is 35.5. The molecule has 1 saturated heterocycles. The molecule has 1 fully saturated rings. The quantitative estimate of drug-likeness (QED) is 0.790. The van der Waals surface area contributed by atoms with E-state index < -0.39 is 6.04 Å². The third-order valence-corrected chi connectivity index (χ3v) is 5.20. The minimum Gasteiger partial charge on any atom is -0.350 e. The fraction of sp³-hybridized carbons (Fsp3) is 0.263. The number of likely N-dealkylation sites (tertiary alicyclic amines) is 1. The first kappa shape index (κ1) is 19.0. The summed E-state index contributed by atoms with van der Waals surface area (Å²) in [5, 5.41) is 4.54. The molecule has 0 aliphatic carbocycles. The van der Waals surface area contributed by atoms with Gasteiger partial charge in [-0.05, 0) is 41.8 Å². The average molecular weight is 412 g/mol. The van der Waals surface area contributed by atoms with E-state index in [1.807, 2.05) is 12.1 Å². The monoisotopic (exact) mass is 410 g/mol. The lowest BCUT2D eigenvalue weighted by Gasteiger charge is -2.24. The number of hydrogen-bond acceptors (Lipinski definition) is 2. The third kappa shape index (κ3) is 4.50. The van der Waals surface area contributed by atoms with E-state index in [2.05, 4.69) is 5.32 Å². The Labute approximate surface area is 167 Å². The van der Waals surface area contributed by atoms with Crippen molar-refractivity contribution in [1.82, 2.24) is 10.2 Å². The van der Waals surface area contributed by atoms with E-state index in [0.29, 0.717) is 34.5 Å². The maximum Gasteiger partial charge on any atom is 0.243 e. The second-order valence-electron chi connectivity index (χ2n) is 6.16. The lowest BCUT2D eigenvalue weighted by atomic mass is 10.1. The van der Waals surface area contributed by atoms with Gasteiger partial charge in [-0.1, -0.05) is 53.0 Å². The Hall–Kier alpha value is -1.75. The predicted molar refractivity (Wildman–Crippen MR) is 103 cm³/mol. The molecule has 0 aromatic heterocycles. The van der Waals surface area contributed by atoms with Gasteiger partial charge in [0.1, 0.15) is 6.04 Å². The van der Waals surface area contributed by atoms with Crippen LogP contribution in [0, 0.1) is 0 Å². The van der Waals surface area contributed by atoms with E-state index in [1.54, 1.807) is 35.2 Å². The van der Waals surface area contributed by atoms with Crippen LogP contribution in [0.5, 0.6) is 0 Å². The van der Waals surface area contributed by atoms with Crippen LogP contribution < -0.4 is 5.32 Å². The van der Waals surface area contributed by atoms with Crippen LogP contribution in [0.1, 0.15) is 24.0 Å². The van der Waals surface area contributed by atoms with Gasteiger partial charge in [0.15, 0.2) is 0 Å². The average Bonchev–Trinajstić information content (AvgIpc) is 2.97. The maximum absolute atomic E-state index is 12.6.